The highest BCUT2D eigenvalue weighted by molar-refractivity contribution is 6.01. The number of aliphatic imine (C=N–C) groups is 1. The molecule has 0 bridgehead atoms. The van der Waals surface area contributed by atoms with Crippen molar-refractivity contribution in [3.63, 3.8) is 0 Å². The van der Waals surface area contributed by atoms with E-state index in [0.29, 0.717) is 11.6 Å². The maximum Gasteiger partial charge on any atom is 0.159 e. The van der Waals surface area contributed by atoms with Crippen molar-refractivity contribution >= 4 is 5.71 Å². The van der Waals surface area contributed by atoms with Gasteiger partial charge in [-0.3, -0.25) is 4.99 Å². The average molecular weight is 195 g/mol. The third-order valence-electron chi connectivity index (χ3n) is 2.43. The molecule has 1 aliphatic rings. The lowest BCUT2D eigenvalue weighted by Gasteiger charge is -2.00. The predicted molar refractivity (Wildman–Crippen MR) is 51.6 cm³/mol. The van der Waals surface area contributed by atoms with Crippen LogP contribution in [0.15, 0.2) is 23.2 Å². The molecule has 3 heteroatoms. The number of benzene rings is 1. The summed E-state index contributed by atoms with van der Waals surface area (Å²) in [6, 6.07) is 4.25. The standard InChI is InChI=1S/C11H11F2N/c1-7-2-5-11(14-7)8-3-4-9(12)10(13)6-8/h3-4,6-7H,2,5H2,1H3. The summed E-state index contributed by atoms with van der Waals surface area (Å²) in [6.45, 7) is 2.02. The highest BCUT2D eigenvalue weighted by atomic mass is 19.2. The van der Waals surface area contributed by atoms with Gasteiger partial charge in [-0.05, 0) is 37.5 Å². The van der Waals surface area contributed by atoms with Gasteiger partial charge in [-0.2, -0.15) is 0 Å². The molecule has 1 atom stereocenters. The van der Waals surface area contributed by atoms with Gasteiger partial charge in [-0.25, -0.2) is 8.78 Å². The second kappa shape index (κ2) is 3.48. The Labute approximate surface area is 81.5 Å². The predicted octanol–water partition coefficient (Wildman–Crippen LogP) is 2.94. The third-order valence-corrected chi connectivity index (χ3v) is 2.43. The minimum atomic E-state index is -0.805. The molecule has 0 saturated heterocycles. The van der Waals surface area contributed by atoms with Crippen molar-refractivity contribution in [1.82, 2.24) is 0 Å². The Morgan fingerprint density at radius 3 is 2.64 bits per heavy atom. The molecule has 0 amide bonds. The van der Waals surface area contributed by atoms with E-state index in [1.54, 1.807) is 6.07 Å². The first kappa shape index (κ1) is 9.31. The number of halogens is 2. The fraction of sp³-hybridized carbons (Fsp3) is 0.364. The lowest BCUT2D eigenvalue weighted by atomic mass is 10.1. The number of hydrogen-bond donors (Lipinski definition) is 0. The molecule has 1 nitrogen and oxygen atoms in total. The van der Waals surface area contributed by atoms with Gasteiger partial charge in [-0.15, -0.1) is 0 Å². The largest absolute Gasteiger partial charge is 0.286 e. The van der Waals surface area contributed by atoms with E-state index in [2.05, 4.69) is 4.99 Å². The molecule has 1 aromatic carbocycles. The van der Waals surface area contributed by atoms with Gasteiger partial charge in [-0.1, -0.05) is 6.07 Å². The molecule has 0 radical (unpaired) electrons. The van der Waals surface area contributed by atoms with Crippen LogP contribution in [0.3, 0.4) is 0 Å². The smallest absolute Gasteiger partial charge is 0.159 e. The Hall–Kier alpha value is -1.25. The van der Waals surface area contributed by atoms with Gasteiger partial charge >= 0.3 is 0 Å². The van der Waals surface area contributed by atoms with Crippen molar-refractivity contribution in [1.29, 1.82) is 0 Å². The van der Waals surface area contributed by atoms with E-state index < -0.39 is 11.6 Å². The molecule has 0 fully saturated rings. The first-order chi connectivity index (χ1) is 6.66. The van der Waals surface area contributed by atoms with Crippen molar-refractivity contribution in [3.05, 3.63) is 35.4 Å². The minimum absolute atomic E-state index is 0.304. The molecule has 1 heterocycles. The molecule has 0 spiro atoms. The highest BCUT2D eigenvalue weighted by Crippen LogP contribution is 2.19. The molecular formula is C11H11F2N. The molecule has 0 saturated carbocycles. The summed E-state index contributed by atoms with van der Waals surface area (Å²) >= 11 is 0. The van der Waals surface area contributed by atoms with Crippen LogP contribution in [0.2, 0.25) is 0 Å². The monoisotopic (exact) mass is 195 g/mol. The van der Waals surface area contributed by atoms with E-state index in [1.165, 1.54) is 6.07 Å². The van der Waals surface area contributed by atoms with Crippen LogP contribution >= 0.6 is 0 Å². The van der Waals surface area contributed by atoms with Crippen LogP contribution in [0.1, 0.15) is 25.3 Å². The second-order valence-corrected chi connectivity index (χ2v) is 3.59. The Morgan fingerprint density at radius 2 is 2.07 bits per heavy atom. The van der Waals surface area contributed by atoms with Crippen molar-refractivity contribution in [3.8, 4) is 0 Å². The van der Waals surface area contributed by atoms with E-state index in [9.17, 15) is 8.78 Å². The molecule has 0 aromatic heterocycles. The molecule has 0 N–H and O–H groups in total. The van der Waals surface area contributed by atoms with Gasteiger partial charge in [0.05, 0.1) is 0 Å². The van der Waals surface area contributed by atoms with Crippen LogP contribution in [0, 0.1) is 11.6 Å². The molecule has 74 valence electrons. The molecule has 0 aliphatic carbocycles. The van der Waals surface area contributed by atoms with Gasteiger partial charge in [0.25, 0.3) is 0 Å². The molecule has 14 heavy (non-hydrogen) atoms. The van der Waals surface area contributed by atoms with Gasteiger partial charge in [0.15, 0.2) is 11.6 Å². The van der Waals surface area contributed by atoms with Crippen LogP contribution in [0.25, 0.3) is 0 Å². The van der Waals surface area contributed by atoms with Crippen LogP contribution in [0.4, 0.5) is 8.78 Å². The summed E-state index contributed by atoms with van der Waals surface area (Å²) < 4.78 is 25.5. The summed E-state index contributed by atoms with van der Waals surface area (Å²) in [5.41, 5.74) is 1.59. The highest BCUT2D eigenvalue weighted by Gasteiger charge is 2.15. The quantitative estimate of drug-likeness (QED) is 0.653. The van der Waals surface area contributed by atoms with E-state index >= 15 is 0 Å². The number of hydrogen-bond acceptors (Lipinski definition) is 1. The Bertz CT molecular complexity index is 385. The molecule has 1 aliphatic heterocycles. The van der Waals surface area contributed by atoms with Gasteiger partial charge < -0.3 is 0 Å². The lowest BCUT2D eigenvalue weighted by molar-refractivity contribution is 0.508. The van der Waals surface area contributed by atoms with E-state index in [4.69, 9.17) is 0 Å². The molecule has 2 rings (SSSR count). The van der Waals surface area contributed by atoms with Gasteiger partial charge in [0.2, 0.25) is 0 Å². The first-order valence-electron chi connectivity index (χ1n) is 4.69. The van der Waals surface area contributed by atoms with Gasteiger partial charge in [0.1, 0.15) is 0 Å². The lowest BCUT2D eigenvalue weighted by Crippen LogP contribution is -1.97. The van der Waals surface area contributed by atoms with Crippen LogP contribution in [0.5, 0.6) is 0 Å². The fourth-order valence-electron chi connectivity index (χ4n) is 1.64. The summed E-state index contributed by atoms with van der Waals surface area (Å²) in [5.74, 6) is -1.61. The zero-order valence-electron chi connectivity index (χ0n) is 7.93. The van der Waals surface area contributed by atoms with Crippen molar-refractivity contribution in [2.24, 2.45) is 4.99 Å². The Morgan fingerprint density at radius 1 is 1.29 bits per heavy atom. The fourth-order valence-corrected chi connectivity index (χ4v) is 1.64. The Balaban J connectivity index is 2.34. The average Bonchev–Trinajstić information content (AvgIpc) is 2.57. The van der Waals surface area contributed by atoms with Crippen molar-refractivity contribution < 1.29 is 8.78 Å². The number of rotatable bonds is 1. The van der Waals surface area contributed by atoms with E-state index in [-0.39, 0.29) is 0 Å². The molecule has 1 aromatic rings. The topological polar surface area (TPSA) is 12.4 Å². The second-order valence-electron chi connectivity index (χ2n) is 3.59. The zero-order valence-corrected chi connectivity index (χ0v) is 7.93. The summed E-state index contributed by atoms with van der Waals surface area (Å²) in [4.78, 5) is 4.36. The maximum absolute atomic E-state index is 12.9. The molecular weight excluding hydrogens is 184 g/mol. The van der Waals surface area contributed by atoms with Crippen LogP contribution in [-0.4, -0.2) is 11.8 Å². The minimum Gasteiger partial charge on any atom is -0.286 e. The maximum atomic E-state index is 12.9. The first-order valence-corrected chi connectivity index (χ1v) is 4.69. The van der Waals surface area contributed by atoms with Gasteiger partial charge in [0, 0.05) is 11.8 Å². The summed E-state index contributed by atoms with van der Waals surface area (Å²) in [6.07, 6.45) is 1.85. The third kappa shape index (κ3) is 1.67. The van der Waals surface area contributed by atoms with Crippen LogP contribution in [-0.2, 0) is 0 Å². The zero-order chi connectivity index (χ0) is 10.1. The van der Waals surface area contributed by atoms with Crippen molar-refractivity contribution in [2.45, 2.75) is 25.8 Å². The SMILES string of the molecule is CC1CCC(c2ccc(F)c(F)c2)=N1. The van der Waals surface area contributed by atoms with E-state index in [0.717, 1.165) is 24.6 Å². The van der Waals surface area contributed by atoms with Crippen LogP contribution < -0.4 is 0 Å². The van der Waals surface area contributed by atoms with Crippen molar-refractivity contribution in [2.75, 3.05) is 0 Å². The Kier molecular flexibility index (Phi) is 2.32. The normalized spacial score (nSPS) is 21.1. The molecule has 1 unspecified atom stereocenters. The van der Waals surface area contributed by atoms with E-state index in [1.807, 2.05) is 6.92 Å². The summed E-state index contributed by atoms with van der Waals surface area (Å²) in [7, 11) is 0. The number of nitrogens with zero attached hydrogens (tertiary/aromatic N) is 1. The summed E-state index contributed by atoms with van der Waals surface area (Å²) in [5, 5.41) is 0.